The Bertz CT molecular complexity index is 821. The molecule has 0 aliphatic carbocycles. The van der Waals surface area contributed by atoms with Gasteiger partial charge in [0, 0.05) is 0 Å². The number of amides is 1. The number of hydrogen-bond donors (Lipinski definition) is 2. The summed E-state index contributed by atoms with van der Waals surface area (Å²) in [4.78, 5) is 12.0. The topological polar surface area (TPSA) is 98.5 Å². The van der Waals surface area contributed by atoms with Crippen LogP contribution in [0.4, 0.5) is 10.1 Å². The van der Waals surface area contributed by atoms with Gasteiger partial charge >= 0.3 is 0 Å². The van der Waals surface area contributed by atoms with E-state index in [1.807, 2.05) is 0 Å². The molecule has 0 aliphatic heterocycles. The molecule has 116 valence electrons. The Morgan fingerprint density at radius 2 is 1.91 bits per heavy atom. The molecule has 0 saturated carbocycles. The fraction of sp³-hybridized carbons (Fsp3) is 0.0714. The number of sulfonamides is 1. The van der Waals surface area contributed by atoms with Crippen LogP contribution in [0, 0.1) is 5.82 Å². The second kappa shape index (κ2) is 6.12. The lowest BCUT2D eigenvalue weighted by atomic mass is 10.2. The Hall–Kier alpha value is -2.45. The van der Waals surface area contributed by atoms with Crippen molar-refractivity contribution in [2.75, 3.05) is 12.4 Å². The van der Waals surface area contributed by atoms with Crippen LogP contribution in [0.25, 0.3) is 0 Å². The summed E-state index contributed by atoms with van der Waals surface area (Å²) in [7, 11) is -2.65. The van der Waals surface area contributed by atoms with Crippen LogP contribution in [0.3, 0.4) is 0 Å². The second-order valence-electron chi connectivity index (χ2n) is 4.34. The van der Waals surface area contributed by atoms with Crippen molar-refractivity contribution >= 4 is 21.6 Å². The minimum Gasteiger partial charge on any atom is -0.496 e. The number of primary sulfonamides is 1. The largest absolute Gasteiger partial charge is 0.496 e. The van der Waals surface area contributed by atoms with E-state index in [9.17, 15) is 17.6 Å². The molecule has 0 spiro atoms. The summed E-state index contributed by atoms with van der Waals surface area (Å²) in [6.07, 6.45) is 0. The van der Waals surface area contributed by atoms with Crippen molar-refractivity contribution in [1.82, 2.24) is 0 Å². The first-order valence-corrected chi connectivity index (χ1v) is 7.64. The molecule has 3 N–H and O–H groups in total. The highest BCUT2D eigenvalue weighted by atomic mass is 32.2. The normalized spacial score (nSPS) is 11.0. The van der Waals surface area contributed by atoms with Gasteiger partial charge < -0.3 is 10.1 Å². The summed E-state index contributed by atoms with van der Waals surface area (Å²) in [5.74, 6) is -1.19. The van der Waals surface area contributed by atoms with Gasteiger partial charge in [0.2, 0.25) is 10.0 Å². The monoisotopic (exact) mass is 324 g/mol. The SMILES string of the molecule is COc1ccc(S(N)(=O)=O)cc1C(=O)Nc1ccccc1F. The summed E-state index contributed by atoms with van der Waals surface area (Å²) in [6, 6.07) is 9.19. The lowest BCUT2D eigenvalue weighted by Gasteiger charge is -2.11. The van der Waals surface area contributed by atoms with E-state index < -0.39 is 21.7 Å². The maximum Gasteiger partial charge on any atom is 0.259 e. The van der Waals surface area contributed by atoms with Crippen LogP contribution in [0.15, 0.2) is 47.4 Å². The molecule has 2 aromatic rings. The Labute approximate surface area is 126 Å². The standard InChI is InChI=1S/C14H13FN2O4S/c1-21-13-7-6-9(22(16,19)20)8-10(13)14(18)17-12-5-3-2-4-11(12)15/h2-8H,1H3,(H,17,18)(H2,16,19,20). The summed E-state index contributed by atoms with van der Waals surface area (Å²) in [5.41, 5.74) is -0.104. The van der Waals surface area contributed by atoms with E-state index in [4.69, 9.17) is 9.88 Å². The van der Waals surface area contributed by atoms with Crippen LogP contribution >= 0.6 is 0 Å². The highest BCUT2D eigenvalue weighted by Crippen LogP contribution is 2.23. The third-order valence-corrected chi connectivity index (χ3v) is 3.78. The van der Waals surface area contributed by atoms with Crippen LogP contribution < -0.4 is 15.2 Å². The predicted molar refractivity (Wildman–Crippen MR) is 78.7 cm³/mol. The number of hydrogen-bond acceptors (Lipinski definition) is 4. The number of methoxy groups -OCH3 is 1. The first kappa shape index (κ1) is 15.9. The number of nitrogens with two attached hydrogens (primary N) is 1. The number of para-hydroxylation sites is 1. The number of ether oxygens (including phenoxy) is 1. The molecule has 0 atom stereocenters. The summed E-state index contributed by atoms with van der Waals surface area (Å²) in [6.45, 7) is 0. The fourth-order valence-corrected chi connectivity index (χ4v) is 2.33. The van der Waals surface area contributed by atoms with Gasteiger partial charge in [-0.2, -0.15) is 0 Å². The van der Waals surface area contributed by atoms with E-state index in [2.05, 4.69) is 5.32 Å². The van der Waals surface area contributed by atoms with Crippen molar-refractivity contribution < 1.29 is 22.3 Å². The Balaban J connectivity index is 2.42. The zero-order chi connectivity index (χ0) is 16.3. The van der Waals surface area contributed by atoms with Crippen molar-refractivity contribution in [1.29, 1.82) is 0 Å². The van der Waals surface area contributed by atoms with Gasteiger partial charge in [-0.3, -0.25) is 4.79 Å². The summed E-state index contributed by atoms with van der Waals surface area (Å²) < 4.78 is 41.3. The van der Waals surface area contributed by atoms with Crippen LogP contribution in [-0.2, 0) is 10.0 Å². The number of carbonyl (C=O) groups excluding carboxylic acids is 1. The third-order valence-electron chi connectivity index (χ3n) is 2.87. The molecular weight excluding hydrogens is 311 g/mol. The second-order valence-corrected chi connectivity index (χ2v) is 5.90. The van der Waals surface area contributed by atoms with E-state index in [0.29, 0.717) is 0 Å². The quantitative estimate of drug-likeness (QED) is 0.895. The van der Waals surface area contributed by atoms with Crippen LogP contribution in [0.5, 0.6) is 5.75 Å². The molecule has 0 heterocycles. The highest BCUT2D eigenvalue weighted by molar-refractivity contribution is 7.89. The average Bonchev–Trinajstić information content (AvgIpc) is 2.48. The molecule has 0 unspecified atom stereocenters. The van der Waals surface area contributed by atoms with Gasteiger partial charge in [0.05, 0.1) is 23.3 Å². The molecule has 2 aromatic carbocycles. The van der Waals surface area contributed by atoms with E-state index in [1.54, 1.807) is 6.07 Å². The summed E-state index contributed by atoms with van der Waals surface area (Å²) in [5, 5.41) is 7.38. The summed E-state index contributed by atoms with van der Waals surface area (Å²) >= 11 is 0. The molecule has 22 heavy (non-hydrogen) atoms. The first-order valence-electron chi connectivity index (χ1n) is 6.09. The number of anilines is 1. The van der Waals surface area contributed by atoms with Gasteiger partial charge in [0.1, 0.15) is 11.6 Å². The smallest absolute Gasteiger partial charge is 0.259 e. The molecule has 1 amide bonds. The highest BCUT2D eigenvalue weighted by Gasteiger charge is 2.18. The predicted octanol–water partition coefficient (Wildman–Crippen LogP) is 1.73. The third kappa shape index (κ3) is 3.41. The maximum absolute atomic E-state index is 13.6. The van der Waals surface area contributed by atoms with E-state index in [0.717, 1.165) is 6.07 Å². The van der Waals surface area contributed by atoms with Gasteiger partial charge in [-0.25, -0.2) is 17.9 Å². The van der Waals surface area contributed by atoms with Crippen molar-refractivity contribution in [3.05, 3.63) is 53.8 Å². The Kier molecular flexibility index (Phi) is 4.43. The minimum absolute atomic E-state index is 0.0319. The molecule has 0 fully saturated rings. The van der Waals surface area contributed by atoms with Crippen molar-refractivity contribution in [3.63, 3.8) is 0 Å². The molecule has 0 aliphatic rings. The zero-order valence-corrected chi connectivity index (χ0v) is 12.4. The van der Waals surface area contributed by atoms with Gasteiger partial charge in [0.15, 0.2) is 0 Å². The zero-order valence-electron chi connectivity index (χ0n) is 11.5. The van der Waals surface area contributed by atoms with Crippen molar-refractivity contribution in [3.8, 4) is 5.75 Å². The lowest BCUT2D eigenvalue weighted by Crippen LogP contribution is -2.17. The number of carbonyl (C=O) groups is 1. The minimum atomic E-state index is -3.97. The Morgan fingerprint density at radius 1 is 1.23 bits per heavy atom. The number of benzene rings is 2. The van der Waals surface area contributed by atoms with E-state index in [-0.39, 0.29) is 21.9 Å². The van der Waals surface area contributed by atoms with Crippen molar-refractivity contribution in [2.24, 2.45) is 5.14 Å². The number of rotatable bonds is 4. The molecule has 0 saturated heterocycles. The molecule has 8 heteroatoms. The molecule has 6 nitrogen and oxygen atoms in total. The maximum atomic E-state index is 13.6. The van der Waals surface area contributed by atoms with Crippen LogP contribution in [0.2, 0.25) is 0 Å². The Morgan fingerprint density at radius 3 is 2.50 bits per heavy atom. The number of halogens is 1. The lowest BCUT2D eigenvalue weighted by molar-refractivity contribution is 0.102. The molecule has 0 radical (unpaired) electrons. The van der Waals surface area contributed by atoms with Gasteiger partial charge in [-0.15, -0.1) is 0 Å². The molecule has 2 rings (SSSR count). The molecule has 0 aromatic heterocycles. The van der Waals surface area contributed by atoms with Gasteiger partial charge in [0.25, 0.3) is 5.91 Å². The van der Waals surface area contributed by atoms with Crippen LogP contribution in [0.1, 0.15) is 10.4 Å². The van der Waals surface area contributed by atoms with Gasteiger partial charge in [-0.1, -0.05) is 12.1 Å². The van der Waals surface area contributed by atoms with E-state index >= 15 is 0 Å². The van der Waals surface area contributed by atoms with Crippen LogP contribution in [-0.4, -0.2) is 21.4 Å². The van der Waals surface area contributed by atoms with Crippen molar-refractivity contribution in [2.45, 2.75) is 4.90 Å². The van der Waals surface area contributed by atoms with E-state index in [1.165, 1.54) is 37.4 Å². The average molecular weight is 324 g/mol. The fourth-order valence-electron chi connectivity index (χ4n) is 1.79. The number of nitrogens with one attached hydrogen (secondary N) is 1. The first-order chi connectivity index (χ1) is 10.3. The molecular formula is C14H13FN2O4S. The molecule has 0 bridgehead atoms. The van der Waals surface area contributed by atoms with Gasteiger partial charge in [-0.05, 0) is 30.3 Å².